The molecule has 1 fully saturated rings. The topological polar surface area (TPSA) is 64.3 Å². The summed E-state index contributed by atoms with van der Waals surface area (Å²) in [6.45, 7) is 2.07. The average molecular weight is 327 g/mol. The molecule has 3 N–H and O–H groups in total. The quantitative estimate of drug-likeness (QED) is 0.844. The molecule has 0 heterocycles. The number of hydrogen-bond acceptors (Lipinski definition) is 3. The summed E-state index contributed by atoms with van der Waals surface area (Å²) in [4.78, 5) is 12.1. The predicted molar refractivity (Wildman–Crippen MR) is 91.5 cm³/mol. The number of nitrogens with two attached hydrogens (primary N) is 1. The van der Waals surface area contributed by atoms with Crippen LogP contribution in [-0.2, 0) is 11.2 Å². The number of halogens is 1. The van der Waals surface area contributed by atoms with E-state index in [-0.39, 0.29) is 36.3 Å². The van der Waals surface area contributed by atoms with Crippen LogP contribution in [0, 0.1) is 5.92 Å². The lowest BCUT2D eigenvalue weighted by atomic mass is 10.0. The van der Waals surface area contributed by atoms with E-state index < -0.39 is 0 Å². The van der Waals surface area contributed by atoms with E-state index in [1.807, 2.05) is 12.1 Å². The average Bonchev–Trinajstić information content (AvgIpc) is 2.92. The molecule has 0 spiro atoms. The van der Waals surface area contributed by atoms with E-state index in [1.54, 1.807) is 7.11 Å². The first kappa shape index (κ1) is 18.8. The van der Waals surface area contributed by atoms with Crippen molar-refractivity contribution in [2.45, 2.75) is 51.1 Å². The van der Waals surface area contributed by atoms with Crippen molar-refractivity contribution in [1.82, 2.24) is 5.32 Å². The van der Waals surface area contributed by atoms with E-state index in [9.17, 15) is 4.79 Å². The molecule has 0 bridgehead atoms. The molecule has 5 heteroatoms. The van der Waals surface area contributed by atoms with Crippen LogP contribution >= 0.6 is 12.4 Å². The second kappa shape index (κ2) is 9.01. The van der Waals surface area contributed by atoms with Gasteiger partial charge in [0.25, 0.3) is 0 Å². The maximum Gasteiger partial charge on any atom is 0.223 e. The maximum absolute atomic E-state index is 12.1. The summed E-state index contributed by atoms with van der Waals surface area (Å²) in [6.07, 6.45) is 4.63. The zero-order valence-electron chi connectivity index (χ0n) is 13.4. The van der Waals surface area contributed by atoms with Crippen molar-refractivity contribution in [3.63, 3.8) is 0 Å². The van der Waals surface area contributed by atoms with Gasteiger partial charge >= 0.3 is 0 Å². The van der Waals surface area contributed by atoms with Crippen LogP contribution in [0.2, 0.25) is 0 Å². The minimum atomic E-state index is 0. The first-order chi connectivity index (χ1) is 10.1. The van der Waals surface area contributed by atoms with Gasteiger partial charge in [0.1, 0.15) is 5.75 Å². The second-order valence-electron chi connectivity index (χ2n) is 6.07. The summed E-state index contributed by atoms with van der Waals surface area (Å²) >= 11 is 0. The lowest BCUT2D eigenvalue weighted by Gasteiger charge is -2.17. The Kier molecular flexibility index (Phi) is 7.69. The molecule has 2 rings (SSSR count). The highest BCUT2D eigenvalue weighted by Crippen LogP contribution is 2.24. The first-order valence-electron chi connectivity index (χ1n) is 7.77. The van der Waals surface area contributed by atoms with Crippen molar-refractivity contribution >= 4 is 18.3 Å². The Morgan fingerprint density at radius 2 is 2.05 bits per heavy atom. The van der Waals surface area contributed by atoms with Crippen LogP contribution in [0.3, 0.4) is 0 Å². The summed E-state index contributed by atoms with van der Waals surface area (Å²) in [5.41, 5.74) is 7.13. The molecule has 1 saturated carbocycles. The van der Waals surface area contributed by atoms with Gasteiger partial charge in [0, 0.05) is 18.0 Å². The summed E-state index contributed by atoms with van der Waals surface area (Å²) < 4.78 is 5.15. The number of aryl methyl sites for hydroxylation is 1. The lowest BCUT2D eigenvalue weighted by molar-refractivity contribution is -0.125. The van der Waals surface area contributed by atoms with Crippen LogP contribution in [0.25, 0.3) is 0 Å². The SMILES string of the molecule is COc1ccc(CCC(C)NC(=O)C2CCC(N)C2)cc1.Cl. The molecule has 3 unspecified atom stereocenters. The van der Waals surface area contributed by atoms with E-state index in [4.69, 9.17) is 10.5 Å². The van der Waals surface area contributed by atoms with Crippen LogP contribution in [0.4, 0.5) is 0 Å². The van der Waals surface area contributed by atoms with E-state index >= 15 is 0 Å². The van der Waals surface area contributed by atoms with Gasteiger partial charge in [-0.05, 0) is 56.7 Å². The molecule has 1 aromatic rings. The number of carbonyl (C=O) groups is 1. The third-order valence-electron chi connectivity index (χ3n) is 4.26. The lowest BCUT2D eigenvalue weighted by Crippen LogP contribution is -2.37. The molecule has 0 aliphatic heterocycles. The third-order valence-corrected chi connectivity index (χ3v) is 4.26. The molecule has 22 heavy (non-hydrogen) atoms. The molecule has 124 valence electrons. The highest BCUT2D eigenvalue weighted by molar-refractivity contribution is 5.85. The number of benzene rings is 1. The standard InChI is InChI=1S/C17H26N2O2.ClH/c1-12(19-17(20)14-7-8-15(18)11-14)3-4-13-5-9-16(21-2)10-6-13;/h5-6,9-10,12,14-15H,3-4,7-8,11,18H2,1-2H3,(H,19,20);1H. The van der Waals surface area contributed by atoms with E-state index in [0.29, 0.717) is 0 Å². The zero-order chi connectivity index (χ0) is 15.2. The van der Waals surface area contributed by atoms with Gasteiger partial charge in [-0.3, -0.25) is 4.79 Å². The van der Waals surface area contributed by atoms with E-state index in [1.165, 1.54) is 5.56 Å². The number of amides is 1. The molecule has 1 aromatic carbocycles. The minimum Gasteiger partial charge on any atom is -0.497 e. The summed E-state index contributed by atoms with van der Waals surface area (Å²) in [5.74, 6) is 1.16. The normalized spacial score (nSPS) is 21.8. The Morgan fingerprint density at radius 3 is 2.59 bits per heavy atom. The number of carbonyl (C=O) groups excluding carboxylic acids is 1. The highest BCUT2D eigenvalue weighted by atomic mass is 35.5. The molecular weight excluding hydrogens is 300 g/mol. The Bertz CT molecular complexity index is 464. The van der Waals surface area contributed by atoms with E-state index in [0.717, 1.165) is 37.9 Å². The Morgan fingerprint density at radius 1 is 1.36 bits per heavy atom. The second-order valence-corrected chi connectivity index (χ2v) is 6.07. The van der Waals surface area contributed by atoms with Crippen molar-refractivity contribution in [1.29, 1.82) is 0 Å². The molecule has 1 amide bonds. The van der Waals surface area contributed by atoms with Crippen LogP contribution < -0.4 is 15.8 Å². The van der Waals surface area contributed by atoms with Crippen molar-refractivity contribution in [3.05, 3.63) is 29.8 Å². The molecule has 4 nitrogen and oxygen atoms in total. The molecule has 1 aliphatic carbocycles. The van der Waals surface area contributed by atoms with Crippen LogP contribution in [0.1, 0.15) is 38.2 Å². The summed E-state index contributed by atoms with van der Waals surface area (Å²) in [6, 6.07) is 8.48. The van der Waals surface area contributed by atoms with Crippen molar-refractivity contribution in [2.75, 3.05) is 7.11 Å². The Labute approximate surface area is 139 Å². The fourth-order valence-electron chi connectivity index (χ4n) is 2.86. The van der Waals surface area contributed by atoms with Gasteiger partial charge in [0.05, 0.1) is 7.11 Å². The number of ether oxygens (including phenoxy) is 1. The van der Waals surface area contributed by atoms with Crippen LogP contribution in [0.5, 0.6) is 5.75 Å². The number of hydrogen-bond donors (Lipinski definition) is 2. The van der Waals surface area contributed by atoms with Gasteiger partial charge in [0.2, 0.25) is 5.91 Å². The van der Waals surface area contributed by atoms with Crippen molar-refractivity contribution < 1.29 is 9.53 Å². The van der Waals surface area contributed by atoms with E-state index in [2.05, 4.69) is 24.4 Å². The summed E-state index contributed by atoms with van der Waals surface area (Å²) in [7, 11) is 1.67. The van der Waals surface area contributed by atoms with Gasteiger partial charge in [-0.1, -0.05) is 12.1 Å². The van der Waals surface area contributed by atoms with Gasteiger partial charge < -0.3 is 15.8 Å². The zero-order valence-corrected chi connectivity index (χ0v) is 14.2. The van der Waals surface area contributed by atoms with Gasteiger partial charge in [0.15, 0.2) is 0 Å². The molecule has 0 aromatic heterocycles. The maximum atomic E-state index is 12.1. The van der Waals surface area contributed by atoms with Crippen molar-refractivity contribution in [2.24, 2.45) is 11.7 Å². The van der Waals surface area contributed by atoms with Gasteiger partial charge in [-0.2, -0.15) is 0 Å². The molecule has 1 aliphatic rings. The highest BCUT2D eigenvalue weighted by Gasteiger charge is 2.28. The monoisotopic (exact) mass is 326 g/mol. The molecular formula is C17H27ClN2O2. The van der Waals surface area contributed by atoms with Crippen molar-refractivity contribution in [3.8, 4) is 5.75 Å². The molecule has 0 saturated heterocycles. The first-order valence-corrected chi connectivity index (χ1v) is 7.77. The number of rotatable bonds is 6. The molecule has 0 radical (unpaired) electrons. The van der Waals surface area contributed by atoms with Gasteiger partial charge in [-0.25, -0.2) is 0 Å². The predicted octanol–water partition coefficient (Wildman–Crippen LogP) is 2.68. The number of nitrogens with one attached hydrogen (secondary N) is 1. The fraction of sp³-hybridized carbons (Fsp3) is 0.588. The fourth-order valence-corrected chi connectivity index (χ4v) is 2.86. The molecule has 3 atom stereocenters. The largest absolute Gasteiger partial charge is 0.497 e. The summed E-state index contributed by atoms with van der Waals surface area (Å²) in [5, 5.41) is 3.12. The number of methoxy groups -OCH3 is 1. The smallest absolute Gasteiger partial charge is 0.223 e. The van der Waals surface area contributed by atoms with Crippen LogP contribution in [-0.4, -0.2) is 25.1 Å². The third kappa shape index (κ3) is 5.50. The Hall–Kier alpha value is -1.26. The van der Waals surface area contributed by atoms with Crippen LogP contribution in [0.15, 0.2) is 24.3 Å². The minimum absolute atomic E-state index is 0. The van der Waals surface area contributed by atoms with Gasteiger partial charge in [-0.15, -0.1) is 12.4 Å². The Balaban J connectivity index is 0.00000242.